The topological polar surface area (TPSA) is 41.1 Å². The Bertz CT molecular complexity index is 911. The van der Waals surface area contributed by atoms with Gasteiger partial charge >= 0.3 is 0 Å². The lowest BCUT2D eigenvalue weighted by atomic mass is 9.70. The van der Waals surface area contributed by atoms with Crippen LogP contribution in [0.25, 0.3) is 0 Å². The van der Waals surface area contributed by atoms with Gasteiger partial charge in [0.1, 0.15) is 5.82 Å². The molecule has 0 spiro atoms. The zero-order chi connectivity index (χ0) is 19.9. The Hall–Kier alpha value is -2.07. The summed E-state index contributed by atoms with van der Waals surface area (Å²) < 4.78 is 13.6. The van der Waals surface area contributed by atoms with Crippen LogP contribution >= 0.6 is 11.6 Å². The summed E-state index contributed by atoms with van der Waals surface area (Å²) in [4.78, 5) is 12.6. The van der Waals surface area contributed by atoms with E-state index in [0.29, 0.717) is 6.04 Å². The van der Waals surface area contributed by atoms with Crippen molar-refractivity contribution in [1.29, 1.82) is 0 Å². The van der Waals surface area contributed by atoms with Crippen molar-refractivity contribution >= 4 is 23.2 Å². The smallest absolute Gasteiger partial charge is 0.251 e. The fraction of sp³-hybridized carbons (Fsp3) is 0.435. The molecule has 1 amide bonds. The van der Waals surface area contributed by atoms with Crippen LogP contribution < -0.4 is 10.6 Å². The SMILES string of the molecule is CCC1(C)CC(c2ccc(F)c(Cl)c2)Nc2ccc(C(=O)NC3CCC3)cc21. The van der Waals surface area contributed by atoms with Gasteiger partial charge in [-0.1, -0.05) is 31.5 Å². The van der Waals surface area contributed by atoms with Gasteiger partial charge in [0.2, 0.25) is 0 Å². The third-order valence-electron chi connectivity index (χ3n) is 6.48. The Labute approximate surface area is 170 Å². The molecule has 1 saturated carbocycles. The monoisotopic (exact) mass is 400 g/mol. The van der Waals surface area contributed by atoms with Gasteiger partial charge in [-0.25, -0.2) is 4.39 Å². The lowest BCUT2D eigenvalue weighted by Gasteiger charge is -2.41. The minimum Gasteiger partial charge on any atom is -0.378 e. The van der Waals surface area contributed by atoms with E-state index < -0.39 is 5.82 Å². The molecule has 0 saturated heterocycles. The highest BCUT2D eigenvalue weighted by atomic mass is 35.5. The minimum absolute atomic E-state index is 0.0124. The molecule has 4 rings (SSSR count). The largest absolute Gasteiger partial charge is 0.378 e. The Balaban J connectivity index is 1.64. The molecular weight excluding hydrogens is 375 g/mol. The van der Waals surface area contributed by atoms with Gasteiger partial charge in [-0.3, -0.25) is 4.79 Å². The molecule has 1 aliphatic heterocycles. The highest BCUT2D eigenvalue weighted by Crippen LogP contribution is 2.46. The van der Waals surface area contributed by atoms with E-state index >= 15 is 0 Å². The lowest BCUT2D eigenvalue weighted by Crippen LogP contribution is -2.40. The number of halogens is 2. The van der Waals surface area contributed by atoms with Gasteiger partial charge in [0.25, 0.3) is 5.91 Å². The third-order valence-corrected chi connectivity index (χ3v) is 6.77. The number of anilines is 1. The molecule has 1 fully saturated rings. The third kappa shape index (κ3) is 3.50. The predicted molar refractivity (Wildman–Crippen MR) is 112 cm³/mol. The van der Waals surface area contributed by atoms with E-state index in [1.165, 1.54) is 18.1 Å². The van der Waals surface area contributed by atoms with Crippen molar-refractivity contribution in [2.45, 2.75) is 63.5 Å². The zero-order valence-electron chi connectivity index (χ0n) is 16.3. The highest BCUT2D eigenvalue weighted by Gasteiger charge is 2.36. The number of rotatable bonds is 4. The second-order valence-electron chi connectivity index (χ2n) is 8.35. The van der Waals surface area contributed by atoms with Crippen LogP contribution in [0.1, 0.15) is 73.5 Å². The maximum atomic E-state index is 13.6. The number of nitrogens with one attached hydrogen (secondary N) is 2. The fourth-order valence-electron chi connectivity index (χ4n) is 4.20. The van der Waals surface area contributed by atoms with E-state index in [2.05, 4.69) is 24.5 Å². The number of hydrogen-bond acceptors (Lipinski definition) is 2. The normalized spacial score (nSPS) is 24.1. The van der Waals surface area contributed by atoms with Crippen molar-refractivity contribution < 1.29 is 9.18 Å². The molecule has 2 N–H and O–H groups in total. The van der Waals surface area contributed by atoms with Crippen molar-refractivity contribution in [3.8, 4) is 0 Å². The molecular formula is C23H26ClFN2O. The molecule has 2 atom stereocenters. The fourth-order valence-corrected chi connectivity index (χ4v) is 4.39. The van der Waals surface area contributed by atoms with Gasteiger partial charge in [0, 0.05) is 17.3 Å². The summed E-state index contributed by atoms with van der Waals surface area (Å²) in [6.45, 7) is 4.41. The molecule has 2 aliphatic rings. The first-order chi connectivity index (χ1) is 13.4. The Kier molecular flexibility index (Phi) is 5.09. The van der Waals surface area contributed by atoms with E-state index in [1.54, 1.807) is 12.1 Å². The van der Waals surface area contributed by atoms with Crippen LogP contribution in [0.2, 0.25) is 5.02 Å². The highest BCUT2D eigenvalue weighted by molar-refractivity contribution is 6.30. The number of carbonyl (C=O) groups excluding carboxylic acids is 1. The van der Waals surface area contributed by atoms with Crippen molar-refractivity contribution in [3.05, 3.63) is 63.9 Å². The van der Waals surface area contributed by atoms with Crippen LogP contribution in [-0.2, 0) is 5.41 Å². The Morgan fingerprint density at radius 1 is 1.29 bits per heavy atom. The standard InChI is InChI=1S/C23H26ClFN2O/c1-3-23(2)13-21(14-7-9-19(25)18(24)12-14)27-20-10-8-15(11-17(20)23)22(28)26-16-5-4-6-16/h7-12,16,21,27H,3-6,13H2,1-2H3,(H,26,28). The van der Waals surface area contributed by atoms with Gasteiger partial charge in [0.15, 0.2) is 0 Å². The van der Waals surface area contributed by atoms with E-state index in [1.807, 2.05) is 18.2 Å². The molecule has 2 aromatic rings. The van der Waals surface area contributed by atoms with Gasteiger partial charge in [-0.2, -0.15) is 0 Å². The van der Waals surface area contributed by atoms with E-state index in [9.17, 15) is 9.18 Å². The molecule has 0 bridgehead atoms. The first-order valence-corrected chi connectivity index (χ1v) is 10.4. The minimum atomic E-state index is -0.401. The molecule has 1 heterocycles. The predicted octanol–water partition coefficient (Wildman–Crippen LogP) is 5.99. The quantitative estimate of drug-likeness (QED) is 0.662. The van der Waals surface area contributed by atoms with Crippen molar-refractivity contribution in [1.82, 2.24) is 5.32 Å². The van der Waals surface area contributed by atoms with Crippen LogP contribution in [0.3, 0.4) is 0 Å². The van der Waals surface area contributed by atoms with Crippen LogP contribution in [0.4, 0.5) is 10.1 Å². The van der Waals surface area contributed by atoms with Gasteiger partial charge in [-0.15, -0.1) is 0 Å². The average molecular weight is 401 g/mol. The zero-order valence-corrected chi connectivity index (χ0v) is 17.1. The molecule has 0 radical (unpaired) electrons. The molecule has 1 aliphatic carbocycles. The average Bonchev–Trinajstić information content (AvgIpc) is 2.66. The number of hydrogen-bond donors (Lipinski definition) is 2. The summed E-state index contributed by atoms with van der Waals surface area (Å²) in [6, 6.07) is 11.2. The summed E-state index contributed by atoms with van der Waals surface area (Å²) in [5, 5.41) is 6.83. The van der Waals surface area contributed by atoms with E-state index in [4.69, 9.17) is 11.6 Å². The number of carbonyl (C=O) groups is 1. The molecule has 2 unspecified atom stereocenters. The van der Waals surface area contributed by atoms with Crippen molar-refractivity contribution in [2.24, 2.45) is 0 Å². The van der Waals surface area contributed by atoms with Gasteiger partial charge in [0.05, 0.1) is 11.1 Å². The molecule has 3 nitrogen and oxygen atoms in total. The van der Waals surface area contributed by atoms with Crippen molar-refractivity contribution in [3.63, 3.8) is 0 Å². The maximum absolute atomic E-state index is 13.6. The second kappa shape index (κ2) is 7.40. The maximum Gasteiger partial charge on any atom is 0.251 e. The first-order valence-electron chi connectivity index (χ1n) is 10.1. The van der Waals surface area contributed by atoms with Crippen LogP contribution in [-0.4, -0.2) is 11.9 Å². The van der Waals surface area contributed by atoms with E-state index in [0.717, 1.165) is 42.5 Å². The summed E-state index contributed by atoms with van der Waals surface area (Å²) in [5.41, 5.74) is 3.81. The van der Waals surface area contributed by atoms with E-state index in [-0.39, 0.29) is 22.4 Å². The number of amides is 1. The summed E-state index contributed by atoms with van der Waals surface area (Å²) in [7, 11) is 0. The lowest BCUT2D eigenvalue weighted by molar-refractivity contribution is 0.0917. The van der Waals surface area contributed by atoms with Crippen LogP contribution in [0, 0.1) is 5.82 Å². The molecule has 148 valence electrons. The molecule has 28 heavy (non-hydrogen) atoms. The summed E-state index contributed by atoms with van der Waals surface area (Å²) in [5.74, 6) is -0.389. The van der Waals surface area contributed by atoms with Crippen molar-refractivity contribution in [2.75, 3.05) is 5.32 Å². The van der Waals surface area contributed by atoms with Crippen LogP contribution in [0.15, 0.2) is 36.4 Å². The Morgan fingerprint density at radius 3 is 2.71 bits per heavy atom. The summed E-state index contributed by atoms with van der Waals surface area (Å²) >= 11 is 6.00. The molecule has 0 aromatic heterocycles. The Morgan fingerprint density at radius 2 is 2.07 bits per heavy atom. The van der Waals surface area contributed by atoms with Gasteiger partial charge in [-0.05, 0) is 79.0 Å². The number of fused-ring (bicyclic) bond motifs is 1. The first kappa shape index (κ1) is 19.3. The second-order valence-corrected chi connectivity index (χ2v) is 8.76. The van der Waals surface area contributed by atoms with Crippen LogP contribution in [0.5, 0.6) is 0 Å². The summed E-state index contributed by atoms with van der Waals surface area (Å²) in [6.07, 6.45) is 5.15. The molecule has 2 aromatic carbocycles. The number of benzene rings is 2. The molecule has 5 heteroatoms. The van der Waals surface area contributed by atoms with Gasteiger partial charge < -0.3 is 10.6 Å².